The van der Waals surface area contributed by atoms with Gasteiger partial charge in [0.05, 0.1) is 11.0 Å². The minimum atomic E-state index is -0.828. The van der Waals surface area contributed by atoms with Crippen molar-refractivity contribution in [2.45, 2.75) is 87.6 Å². The summed E-state index contributed by atoms with van der Waals surface area (Å²) in [7, 11) is 1.85. The highest BCUT2D eigenvalue weighted by Gasteiger charge is 2.74. The zero-order valence-corrected chi connectivity index (χ0v) is 19.8. The Hall–Kier alpha value is -1.83. The number of carboxylic acid groups (broad SMARTS) is 1. The molecule has 6 atom stereocenters. The number of methoxy groups -OCH3 is 1. The molecule has 3 aliphatic carbocycles. The summed E-state index contributed by atoms with van der Waals surface area (Å²) in [5.74, 6) is 0.713. The second kappa shape index (κ2) is 7.33. The number of phenols is 1. The lowest BCUT2D eigenvalue weighted by atomic mass is 9.48. The monoisotopic (exact) mass is 456 g/mol. The predicted octanol–water partition coefficient (Wildman–Crippen LogP) is 2.68. The van der Waals surface area contributed by atoms with Crippen molar-refractivity contribution < 1.29 is 24.5 Å². The van der Waals surface area contributed by atoms with E-state index in [1.165, 1.54) is 18.4 Å². The molecule has 5 aliphatic rings. The quantitative estimate of drug-likeness (QED) is 0.581. The molecule has 6 rings (SSSR count). The van der Waals surface area contributed by atoms with Gasteiger partial charge in [-0.2, -0.15) is 0 Å². The van der Waals surface area contributed by atoms with Crippen LogP contribution in [0.25, 0.3) is 0 Å². The Morgan fingerprint density at radius 2 is 2.09 bits per heavy atom. The highest BCUT2D eigenvalue weighted by molar-refractivity contribution is 5.74. The topological polar surface area (TPSA) is 91.3 Å². The fourth-order valence-electron chi connectivity index (χ4n) is 7.82. The van der Waals surface area contributed by atoms with E-state index in [1.807, 2.05) is 21.0 Å². The molecular weight excluding hydrogens is 420 g/mol. The van der Waals surface area contributed by atoms with Gasteiger partial charge in [-0.1, -0.05) is 19.9 Å². The summed E-state index contributed by atoms with van der Waals surface area (Å²) in [5.41, 5.74) is 1.60. The van der Waals surface area contributed by atoms with Crippen LogP contribution in [0.2, 0.25) is 0 Å². The maximum absolute atomic E-state index is 12.0. The molecule has 7 heteroatoms. The molecule has 0 amide bonds. The molecule has 3 N–H and O–H groups in total. The van der Waals surface area contributed by atoms with Gasteiger partial charge in [0.2, 0.25) is 0 Å². The normalized spacial score (nSPS) is 37.5. The van der Waals surface area contributed by atoms with Gasteiger partial charge < -0.3 is 19.7 Å². The average Bonchev–Trinajstić information content (AvgIpc) is 3.53. The minimum Gasteiger partial charge on any atom is -0.504 e. The number of aliphatic carboxylic acids is 1. The van der Waals surface area contributed by atoms with Gasteiger partial charge >= 0.3 is 5.97 Å². The summed E-state index contributed by atoms with van der Waals surface area (Å²) >= 11 is 0. The lowest BCUT2D eigenvalue weighted by Crippen LogP contribution is -2.79. The number of hydrogen-bond acceptors (Lipinski definition) is 6. The van der Waals surface area contributed by atoms with Crippen molar-refractivity contribution in [2.24, 2.45) is 11.8 Å². The lowest BCUT2D eigenvalue weighted by molar-refractivity contribution is -0.208. The SMILES string of the molecule is CO[C@@]12CC[C@@H](N[C@@H](C(=O)O)C(C)C)[C@@H]3Oc4c(O)ccc5c4[C@@]31CCN(CC1CC1)[C@@H]2C5. The maximum Gasteiger partial charge on any atom is 0.320 e. The average molecular weight is 457 g/mol. The minimum absolute atomic E-state index is 0.0404. The molecule has 3 fully saturated rings. The molecule has 2 bridgehead atoms. The van der Waals surface area contributed by atoms with Crippen molar-refractivity contribution in [2.75, 3.05) is 20.2 Å². The standard InChI is InChI=1S/C26H36N2O5/c1-14(2)21(24(30)31)27-17-8-9-26(32-3)19-12-16-6-7-18(29)22-20(16)25(26,23(17)33-22)10-11-28(19)13-15-4-5-15/h6-7,14-15,17,19,21,23,27,29H,4-5,8-13H2,1-3H3,(H,30,31)/t17-,19-,21-,23+,25+,26-/m1/s1. The second-order valence-electron chi connectivity index (χ2n) is 11.3. The van der Waals surface area contributed by atoms with Gasteiger partial charge in [-0.25, -0.2) is 0 Å². The number of carbonyl (C=O) groups is 1. The molecular formula is C26H36N2O5. The van der Waals surface area contributed by atoms with Crippen LogP contribution in [0.1, 0.15) is 57.1 Å². The highest BCUT2D eigenvalue weighted by Crippen LogP contribution is 2.66. The van der Waals surface area contributed by atoms with Crippen molar-refractivity contribution in [3.63, 3.8) is 0 Å². The molecule has 1 saturated heterocycles. The number of aromatic hydroxyl groups is 1. The number of hydrogen-bond donors (Lipinski definition) is 3. The number of nitrogens with one attached hydrogen (secondary N) is 1. The first-order chi connectivity index (χ1) is 15.8. The van der Waals surface area contributed by atoms with E-state index in [0.29, 0.717) is 5.75 Å². The lowest BCUT2D eigenvalue weighted by Gasteiger charge is -2.66. The van der Waals surface area contributed by atoms with E-state index < -0.39 is 17.6 Å². The van der Waals surface area contributed by atoms with Gasteiger partial charge in [-0.15, -0.1) is 0 Å². The summed E-state index contributed by atoms with van der Waals surface area (Å²) in [6.07, 6.45) is 5.83. The number of piperidine rings is 1. The van der Waals surface area contributed by atoms with Crippen LogP contribution in [-0.2, 0) is 21.4 Å². The van der Waals surface area contributed by atoms with Crippen LogP contribution < -0.4 is 10.1 Å². The first-order valence-electron chi connectivity index (χ1n) is 12.6. The van der Waals surface area contributed by atoms with Crippen molar-refractivity contribution >= 4 is 5.97 Å². The van der Waals surface area contributed by atoms with Crippen LogP contribution >= 0.6 is 0 Å². The highest BCUT2D eigenvalue weighted by atomic mass is 16.5. The van der Waals surface area contributed by atoms with E-state index in [-0.39, 0.29) is 35.3 Å². The van der Waals surface area contributed by atoms with E-state index in [9.17, 15) is 15.0 Å². The Balaban J connectivity index is 1.47. The van der Waals surface area contributed by atoms with Crippen molar-refractivity contribution in [3.05, 3.63) is 23.3 Å². The molecule has 33 heavy (non-hydrogen) atoms. The molecule has 2 saturated carbocycles. The van der Waals surface area contributed by atoms with Gasteiger partial charge in [-0.3, -0.25) is 15.0 Å². The van der Waals surface area contributed by atoms with Gasteiger partial charge in [0, 0.05) is 31.3 Å². The van der Waals surface area contributed by atoms with Crippen LogP contribution in [-0.4, -0.2) is 71.1 Å². The van der Waals surface area contributed by atoms with E-state index >= 15 is 0 Å². The maximum atomic E-state index is 12.0. The number of likely N-dealkylation sites (tertiary alicyclic amines) is 1. The van der Waals surface area contributed by atoms with Crippen LogP contribution in [0.5, 0.6) is 11.5 Å². The Morgan fingerprint density at radius 1 is 1.30 bits per heavy atom. The van der Waals surface area contributed by atoms with Crippen molar-refractivity contribution in [1.82, 2.24) is 10.2 Å². The van der Waals surface area contributed by atoms with Crippen LogP contribution in [0, 0.1) is 11.8 Å². The number of phenolic OH excluding ortho intramolecular Hbond substituents is 1. The molecule has 2 aliphatic heterocycles. The Morgan fingerprint density at radius 3 is 2.76 bits per heavy atom. The van der Waals surface area contributed by atoms with Gasteiger partial charge in [-0.05, 0) is 68.5 Å². The van der Waals surface area contributed by atoms with Gasteiger partial charge in [0.1, 0.15) is 12.1 Å². The molecule has 0 unspecified atom stereocenters. The zero-order chi connectivity index (χ0) is 23.1. The van der Waals surface area contributed by atoms with Gasteiger partial charge in [0.25, 0.3) is 0 Å². The first kappa shape index (κ1) is 21.7. The number of rotatable bonds is 7. The molecule has 7 nitrogen and oxygen atoms in total. The molecule has 1 aromatic carbocycles. The third kappa shape index (κ3) is 2.82. The Kier molecular flexibility index (Phi) is 4.82. The Labute approximate surface area is 195 Å². The van der Waals surface area contributed by atoms with Crippen LogP contribution in [0.15, 0.2) is 12.1 Å². The number of benzene rings is 1. The number of nitrogens with zero attached hydrogens (tertiary/aromatic N) is 1. The third-order valence-electron chi connectivity index (χ3n) is 9.41. The van der Waals surface area contributed by atoms with E-state index in [2.05, 4.69) is 16.3 Å². The smallest absolute Gasteiger partial charge is 0.320 e. The van der Waals surface area contributed by atoms with E-state index in [1.54, 1.807) is 6.07 Å². The largest absolute Gasteiger partial charge is 0.504 e. The summed E-state index contributed by atoms with van der Waals surface area (Å²) < 4.78 is 13.2. The summed E-state index contributed by atoms with van der Waals surface area (Å²) in [6, 6.07) is 3.34. The predicted molar refractivity (Wildman–Crippen MR) is 123 cm³/mol. The Bertz CT molecular complexity index is 978. The molecule has 0 radical (unpaired) electrons. The molecule has 2 heterocycles. The van der Waals surface area contributed by atoms with Gasteiger partial charge in [0.15, 0.2) is 11.5 Å². The molecule has 0 aromatic heterocycles. The third-order valence-corrected chi connectivity index (χ3v) is 9.41. The second-order valence-corrected chi connectivity index (χ2v) is 11.3. The number of carboxylic acids is 1. The van der Waals surface area contributed by atoms with Crippen molar-refractivity contribution in [3.8, 4) is 11.5 Å². The fraction of sp³-hybridized carbons (Fsp3) is 0.731. The van der Waals surface area contributed by atoms with Crippen LogP contribution in [0.4, 0.5) is 0 Å². The molecule has 180 valence electrons. The molecule has 1 spiro atoms. The van der Waals surface area contributed by atoms with E-state index in [0.717, 1.165) is 50.3 Å². The molecule has 1 aromatic rings. The zero-order valence-electron chi connectivity index (χ0n) is 19.8. The summed E-state index contributed by atoms with van der Waals surface area (Å²) in [4.78, 5) is 14.7. The van der Waals surface area contributed by atoms with E-state index in [4.69, 9.17) is 9.47 Å². The summed E-state index contributed by atoms with van der Waals surface area (Å²) in [5, 5.41) is 24.1. The van der Waals surface area contributed by atoms with Crippen molar-refractivity contribution in [1.29, 1.82) is 0 Å². The summed E-state index contributed by atoms with van der Waals surface area (Å²) in [6.45, 7) is 5.99. The fourth-order valence-corrected chi connectivity index (χ4v) is 7.82. The number of ether oxygens (including phenoxy) is 2. The van der Waals surface area contributed by atoms with Crippen LogP contribution in [0.3, 0.4) is 0 Å². The first-order valence-corrected chi connectivity index (χ1v) is 12.6.